The maximum atomic E-state index is 13.1. The predicted octanol–water partition coefficient (Wildman–Crippen LogP) is 2.41. The lowest BCUT2D eigenvalue weighted by Crippen LogP contribution is -2.43. The zero-order chi connectivity index (χ0) is 23.7. The van der Waals surface area contributed by atoms with Gasteiger partial charge in [-0.25, -0.2) is 9.69 Å². The second kappa shape index (κ2) is 8.81. The number of anilines is 2. The van der Waals surface area contributed by atoms with E-state index in [1.807, 2.05) is 19.9 Å². The number of ether oxygens (including phenoxy) is 1. The van der Waals surface area contributed by atoms with Gasteiger partial charge in [0.2, 0.25) is 5.91 Å². The van der Waals surface area contributed by atoms with Gasteiger partial charge in [-0.2, -0.15) is 5.11 Å². The van der Waals surface area contributed by atoms with E-state index in [-0.39, 0.29) is 13.2 Å². The topological polar surface area (TPSA) is 121 Å². The lowest BCUT2D eigenvalue weighted by Gasteiger charge is -2.20. The summed E-state index contributed by atoms with van der Waals surface area (Å²) >= 11 is 0. The molecule has 10 nitrogen and oxygen atoms in total. The second-order valence-corrected chi connectivity index (χ2v) is 7.82. The van der Waals surface area contributed by atoms with E-state index >= 15 is 0 Å². The van der Waals surface area contributed by atoms with E-state index in [0.717, 1.165) is 16.0 Å². The number of aryl methyl sites for hydroxylation is 2. The maximum Gasteiger partial charge on any atom is 0.338 e. The lowest BCUT2D eigenvalue weighted by molar-refractivity contribution is -0.123. The molecule has 0 spiro atoms. The highest BCUT2D eigenvalue weighted by atomic mass is 16.5. The van der Waals surface area contributed by atoms with E-state index in [0.29, 0.717) is 16.9 Å². The minimum Gasteiger partial charge on any atom is -0.462 e. The van der Waals surface area contributed by atoms with Crippen molar-refractivity contribution in [1.29, 1.82) is 0 Å². The number of esters is 1. The molecule has 2 aliphatic rings. The fourth-order valence-corrected chi connectivity index (χ4v) is 3.72. The molecule has 2 aromatic carbocycles. The zero-order valence-corrected chi connectivity index (χ0v) is 18.4. The first-order valence-corrected chi connectivity index (χ1v) is 10.5. The molecule has 0 radical (unpaired) electrons. The van der Waals surface area contributed by atoms with Crippen molar-refractivity contribution in [3.8, 4) is 0 Å². The molecule has 2 atom stereocenters. The summed E-state index contributed by atoms with van der Waals surface area (Å²) in [4.78, 5) is 51.3. The average Bonchev–Trinajstić information content (AvgIpc) is 3.30. The van der Waals surface area contributed by atoms with Crippen LogP contribution in [0.1, 0.15) is 28.4 Å². The Hall–Kier alpha value is -4.08. The number of carbonyl (C=O) groups is 4. The first-order chi connectivity index (χ1) is 15.8. The summed E-state index contributed by atoms with van der Waals surface area (Å²) in [6.07, 6.45) is 0. The van der Waals surface area contributed by atoms with Crippen LogP contribution >= 0.6 is 0 Å². The largest absolute Gasteiger partial charge is 0.462 e. The molecular weight excluding hydrogens is 426 g/mol. The Balaban J connectivity index is 1.42. The summed E-state index contributed by atoms with van der Waals surface area (Å²) in [7, 11) is 0. The summed E-state index contributed by atoms with van der Waals surface area (Å²) in [5.41, 5.74) is 3.31. The standard InChI is InChI=1S/C23H23N5O5/c1-4-33-23(32)15-6-8-16(9-7-15)24-18(29)12-27-20-19(25-26-27)21(30)28(22(20)31)17-10-5-13(2)14(3)11-17/h5-11,19-20H,4,12H2,1-3H3,(H,24,29)/t19-,20+/m0/s1. The van der Waals surface area contributed by atoms with Crippen LogP contribution in [0.4, 0.5) is 11.4 Å². The van der Waals surface area contributed by atoms with Crippen LogP contribution in [0.3, 0.4) is 0 Å². The molecule has 1 N–H and O–H groups in total. The van der Waals surface area contributed by atoms with E-state index in [4.69, 9.17) is 4.74 Å². The third-order valence-electron chi connectivity index (χ3n) is 5.59. The third kappa shape index (κ3) is 4.19. The summed E-state index contributed by atoms with van der Waals surface area (Å²) in [5, 5.41) is 11.7. The maximum absolute atomic E-state index is 13.1. The van der Waals surface area contributed by atoms with E-state index in [9.17, 15) is 19.2 Å². The first-order valence-electron chi connectivity index (χ1n) is 10.5. The van der Waals surface area contributed by atoms with E-state index in [2.05, 4.69) is 15.7 Å². The number of nitrogens with zero attached hydrogens (tertiary/aromatic N) is 4. The first kappa shape index (κ1) is 22.1. The fraction of sp³-hybridized carbons (Fsp3) is 0.304. The van der Waals surface area contributed by atoms with Crippen molar-refractivity contribution < 1.29 is 23.9 Å². The Morgan fingerprint density at radius 1 is 1.03 bits per heavy atom. The highest BCUT2D eigenvalue weighted by Gasteiger charge is 2.55. The highest BCUT2D eigenvalue weighted by molar-refractivity contribution is 6.25. The molecule has 33 heavy (non-hydrogen) atoms. The molecular formula is C23H23N5O5. The van der Waals surface area contributed by atoms with Gasteiger partial charge in [-0.05, 0) is 68.3 Å². The van der Waals surface area contributed by atoms with Crippen molar-refractivity contribution in [2.45, 2.75) is 32.9 Å². The number of fused-ring (bicyclic) bond motifs is 1. The molecule has 3 amide bonds. The van der Waals surface area contributed by atoms with Crippen LogP contribution in [-0.4, -0.2) is 53.9 Å². The predicted molar refractivity (Wildman–Crippen MR) is 119 cm³/mol. The van der Waals surface area contributed by atoms with Crippen LogP contribution in [0, 0.1) is 13.8 Å². The molecule has 2 aliphatic heterocycles. The molecule has 2 aromatic rings. The monoisotopic (exact) mass is 449 g/mol. The number of rotatable bonds is 6. The van der Waals surface area contributed by atoms with Crippen LogP contribution in [0.25, 0.3) is 0 Å². The molecule has 1 saturated heterocycles. The number of amides is 3. The number of imide groups is 1. The molecule has 170 valence electrons. The van der Waals surface area contributed by atoms with E-state index < -0.39 is 35.8 Å². The molecule has 2 heterocycles. The van der Waals surface area contributed by atoms with Gasteiger partial charge in [-0.1, -0.05) is 11.3 Å². The van der Waals surface area contributed by atoms with Gasteiger partial charge < -0.3 is 10.1 Å². The van der Waals surface area contributed by atoms with Gasteiger partial charge in [0.25, 0.3) is 11.8 Å². The number of hydrogen-bond acceptors (Lipinski definition) is 8. The Morgan fingerprint density at radius 3 is 2.42 bits per heavy atom. The van der Waals surface area contributed by atoms with Crippen molar-refractivity contribution in [2.75, 3.05) is 23.4 Å². The third-order valence-corrected chi connectivity index (χ3v) is 5.59. The SMILES string of the molecule is CCOC(=O)c1ccc(NC(=O)CN2N=N[C@@H]3C(=O)N(c4ccc(C)c(C)c4)C(=O)[C@@H]32)cc1. The van der Waals surface area contributed by atoms with Gasteiger partial charge in [0.15, 0.2) is 12.1 Å². The number of hydrogen-bond donors (Lipinski definition) is 1. The smallest absolute Gasteiger partial charge is 0.338 e. The van der Waals surface area contributed by atoms with Crippen LogP contribution in [0.15, 0.2) is 52.8 Å². The molecule has 4 rings (SSSR count). The number of carbonyl (C=O) groups excluding carboxylic acids is 4. The molecule has 0 unspecified atom stereocenters. The zero-order valence-electron chi connectivity index (χ0n) is 18.4. The van der Waals surface area contributed by atoms with Gasteiger partial charge in [-0.15, -0.1) is 0 Å². The lowest BCUT2D eigenvalue weighted by atomic mass is 10.1. The molecule has 1 fully saturated rings. The van der Waals surface area contributed by atoms with Crippen LogP contribution in [-0.2, 0) is 19.1 Å². The summed E-state index contributed by atoms with van der Waals surface area (Å²) in [6, 6.07) is 9.63. The van der Waals surface area contributed by atoms with E-state index in [1.54, 1.807) is 43.3 Å². The van der Waals surface area contributed by atoms with Crippen molar-refractivity contribution >= 4 is 35.1 Å². The summed E-state index contributed by atoms with van der Waals surface area (Å²) in [6.45, 7) is 5.58. The number of nitrogens with one attached hydrogen (secondary N) is 1. The summed E-state index contributed by atoms with van der Waals surface area (Å²) in [5.74, 6) is -1.82. The quantitative estimate of drug-likeness (QED) is 0.534. The minimum absolute atomic E-state index is 0.260. The van der Waals surface area contributed by atoms with Crippen LogP contribution in [0.5, 0.6) is 0 Å². The van der Waals surface area contributed by atoms with Crippen molar-refractivity contribution in [1.82, 2.24) is 5.01 Å². The Labute approximate surface area is 190 Å². The Morgan fingerprint density at radius 2 is 1.76 bits per heavy atom. The Kier molecular flexibility index (Phi) is 5.91. The molecule has 0 bridgehead atoms. The average molecular weight is 449 g/mol. The van der Waals surface area contributed by atoms with Gasteiger partial charge in [0.05, 0.1) is 17.9 Å². The fourth-order valence-electron chi connectivity index (χ4n) is 3.72. The molecule has 0 aromatic heterocycles. The van der Waals surface area contributed by atoms with E-state index in [1.165, 1.54) is 5.01 Å². The normalized spacial score (nSPS) is 19.1. The van der Waals surface area contributed by atoms with Crippen molar-refractivity contribution in [3.05, 3.63) is 59.2 Å². The second-order valence-electron chi connectivity index (χ2n) is 7.82. The van der Waals surface area contributed by atoms with Gasteiger partial charge in [0.1, 0.15) is 6.54 Å². The van der Waals surface area contributed by atoms with Crippen LogP contribution < -0.4 is 10.2 Å². The van der Waals surface area contributed by atoms with Crippen molar-refractivity contribution in [3.63, 3.8) is 0 Å². The van der Waals surface area contributed by atoms with Crippen LogP contribution in [0.2, 0.25) is 0 Å². The highest BCUT2D eigenvalue weighted by Crippen LogP contribution is 2.32. The number of benzene rings is 2. The minimum atomic E-state index is -0.976. The van der Waals surface area contributed by atoms with Gasteiger partial charge in [0, 0.05) is 5.69 Å². The van der Waals surface area contributed by atoms with Gasteiger partial charge >= 0.3 is 5.97 Å². The van der Waals surface area contributed by atoms with Crippen molar-refractivity contribution in [2.24, 2.45) is 10.3 Å². The molecule has 10 heteroatoms. The Bertz CT molecular complexity index is 1160. The summed E-state index contributed by atoms with van der Waals surface area (Å²) < 4.78 is 4.93. The van der Waals surface area contributed by atoms with Gasteiger partial charge in [-0.3, -0.25) is 19.4 Å². The molecule has 0 saturated carbocycles. The molecule has 0 aliphatic carbocycles.